The number of hydrogen-bond donors (Lipinski definition) is 2. The van der Waals surface area contributed by atoms with E-state index in [-0.39, 0.29) is 25.4 Å². The van der Waals surface area contributed by atoms with E-state index in [9.17, 15) is 24.0 Å². The molecule has 3 aromatic rings. The average molecular weight is 677 g/mol. The molecular formula is C34H38N5O8S+. The van der Waals surface area contributed by atoms with E-state index in [0.717, 1.165) is 16.7 Å². The summed E-state index contributed by atoms with van der Waals surface area (Å²) in [5, 5.41) is 4.77. The number of carbonyl (C=O) groups is 5. The van der Waals surface area contributed by atoms with Crippen molar-refractivity contribution in [2.75, 3.05) is 17.7 Å². The zero-order chi connectivity index (χ0) is 34.4. The van der Waals surface area contributed by atoms with Gasteiger partial charge in [0.25, 0.3) is 12.4 Å². The largest absolute Gasteiger partial charge is 0.466 e. The van der Waals surface area contributed by atoms with Crippen LogP contribution >= 0.6 is 11.8 Å². The van der Waals surface area contributed by atoms with Gasteiger partial charge in [0.15, 0.2) is 18.5 Å². The quantitative estimate of drug-likeness (QED) is 0.0695. The van der Waals surface area contributed by atoms with E-state index in [2.05, 4.69) is 10.6 Å². The highest BCUT2D eigenvalue weighted by molar-refractivity contribution is 8.00. The number of ether oxygens (including phenoxy) is 3. The predicted octanol–water partition coefficient (Wildman–Crippen LogP) is 3.22. The second-order valence-corrected chi connectivity index (χ2v) is 13.3. The first-order chi connectivity index (χ1) is 23.0. The molecule has 1 fully saturated rings. The fraction of sp³-hybridized carbons (Fsp3) is 0.353. The van der Waals surface area contributed by atoms with Crippen LogP contribution in [0.5, 0.6) is 0 Å². The van der Waals surface area contributed by atoms with Crippen LogP contribution in [-0.2, 0) is 46.5 Å². The highest BCUT2D eigenvalue weighted by Gasteiger charge is 2.55. The standard InChI is InChI=1S/C34H37N5O8S/c1-22-17-37(38(15-16-45-21-41)29(22)35-20-40)18-25-19-48-31-26(36-33(44)47-34(2,3)4)30(42)39(31)27(25)32(43)46-28(23-11-7-5-8-12-23)24-13-9-6-10-14-24/h5-14,17,20-21,26,28,31H,15-16,18-19H2,1-4H3,(H,36,44)/p+1/t26-,31-/m1/s1. The van der Waals surface area contributed by atoms with Gasteiger partial charge in [-0.2, -0.15) is 0 Å². The lowest BCUT2D eigenvalue weighted by atomic mass is 10.0. The van der Waals surface area contributed by atoms with Crippen LogP contribution in [0.15, 0.2) is 78.1 Å². The van der Waals surface area contributed by atoms with Crippen molar-refractivity contribution in [3.05, 3.63) is 94.8 Å². The molecule has 13 nitrogen and oxygen atoms in total. The summed E-state index contributed by atoms with van der Waals surface area (Å²) in [7, 11) is 0. The van der Waals surface area contributed by atoms with E-state index in [1.54, 1.807) is 36.3 Å². The van der Waals surface area contributed by atoms with Gasteiger partial charge >= 0.3 is 12.1 Å². The molecule has 1 saturated heterocycles. The van der Waals surface area contributed by atoms with Crippen molar-refractivity contribution in [2.45, 2.75) is 63.9 Å². The smallest absolute Gasteiger partial charge is 0.408 e. The van der Waals surface area contributed by atoms with Gasteiger partial charge in [0, 0.05) is 11.3 Å². The van der Waals surface area contributed by atoms with Crippen molar-refractivity contribution in [3.63, 3.8) is 0 Å². The Hall–Kier alpha value is -5.11. The highest BCUT2D eigenvalue weighted by Crippen LogP contribution is 2.42. The van der Waals surface area contributed by atoms with Crippen molar-refractivity contribution in [1.29, 1.82) is 0 Å². The molecule has 0 bridgehead atoms. The summed E-state index contributed by atoms with van der Waals surface area (Å²) >= 11 is 1.40. The van der Waals surface area contributed by atoms with E-state index in [1.165, 1.54) is 16.7 Å². The summed E-state index contributed by atoms with van der Waals surface area (Å²) in [4.78, 5) is 64.3. The number of carbonyl (C=O) groups excluding carboxylic acids is 5. The van der Waals surface area contributed by atoms with Crippen LogP contribution in [0.1, 0.15) is 43.6 Å². The Balaban J connectivity index is 1.53. The third kappa shape index (κ3) is 7.54. The number of β-lactam (4-membered cyclic amide) rings is 1. The molecule has 0 saturated carbocycles. The lowest BCUT2D eigenvalue weighted by molar-refractivity contribution is -0.767. The van der Waals surface area contributed by atoms with Crippen LogP contribution in [-0.4, -0.2) is 69.8 Å². The number of amides is 3. The van der Waals surface area contributed by atoms with Gasteiger partial charge in [-0.1, -0.05) is 60.7 Å². The van der Waals surface area contributed by atoms with Gasteiger partial charge in [0.2, 0.25) is 12.6 Å². The number of anilines is 1. The summed E-state index contributed by atoms with van der Waals surface area (Å²) in [6.45, 7) is 7.72. The number of alkyl carbamates (subject to hydrolysis) is 1. The molecule has 48 heavy (non-hydrogen) atoms. The molecule has 0 spiro atoms. The monoisotopic (exact) mass is 676 g/mol. The molecule has 2 aliphatic heterocycles. The first kappa shape index (κ1) is 34.2. The number of rotatable bonds is 13. The molecule has 2 N–H and O–H groups in total. The molecule has 2 aromatic carbocycles. The Bertz CT molecular complexity index is 1660. The zero-order valence-corrected chi connectivity index (χ0v) is 27.9. The number of benzene rings is 2. The fourth-order valence-corrected chi connectivity index (χ4v) is 6.99. The SMILES string of the molecule is Cc1c[n+](CC2=C(C(=O)OC(c3ccccc3)c3ccccc3)N3C(=O)[C@@H](NC(=O)OC(C)(C)C)[C@H]3SC2)n(CCOC=O)c1NC=O. The van der Waals surface area contributed by atoms with Crippen molar-refractivity contribution in [3.8, 4) is 0 Å². The summed E-state index contributed by atoms with van der Waals surface area (Å²) in [5.74, 6) is -0.369. The molecule has 0 radical (unpaired) electrons. The molecule has 1 aromatic heterocycles. The molecule has 0 unspecified atom stereocenters. The lowest BCUT2D eigenvalue weighted by Crippen LogP contribution is -2.71. The minimum absolute atomic E-state index is 0.0361. The average Bonchev–Trinajstić information content (AvgIpc) is 3.35. The lowest BCUT2D eigenvalue weighted by Gasteiger charge is -2.49. The molecular weight excluding hydrogens is 638 g/mol. The number of fused-ring (bicyclic) bond motifs is 1. The van der Waals surface area contributed by atoms with Crippen molar-refractivity contribution < 1.29 is 42.9 Å². The van der Waals surface area contributed by atoms with Crippen LogP contribution in [0.4, 0.5) is 10.6 Å². The van der Waals surface area contributed by atoms with Gasteiger partial charge in [-0.05, 0) is 38.8 Å². The zero-order valence-electron chi connectivity index (χ0n) is 27.1. The molecule has 252 valence electrons. The van der Waals surface area contributed by atoms with Gasteiger partial charge in [-0.3, -0.25) is 19.3 Å². The number of hydrogen-bond acceptors (Lipinski definition) is 9. The minimum Gasteiger partial charge on any atom is -0.466 e. The number of aromatic nitrogens is 2. The van der Waals surface area contributed by atoms with Crippen molar-refractivity contribution in [2.24, 2.45) is 0 Å². The highest BCUT2D eigenvalue weighted by atomic mass is 32.2. The molecule has 0 aliphatic carbocycles. The molecule has 3 amide bonds. The van der Waals surface area contributed by atoms with E-state index in [4.69, 9.17) is 14.2 Å². The summed E-state index contributed by atoms with van der Waals surface area (Å²) in [6.07, 6.45) is 0.846. The second kappa shape index (κ2) is 14.8. The van der Waals surface area contributed by atoms with Crippen LogP contribution in [0.25, 0.3) is 0 Å². The van der Waals surface area contributed by atoms with Crippen LogP contribution < -0.4 is 15.3 Å². The van der Waals surface area contributed by atoms with E-state index in [0.29, 0.717) is 30.0 Å². The van der Waals surface area contributed by atoms with Crippen LogP contribution in [0.2, 0.25) is 0 Å². The number of aryl methyl sites for hydroxylation is 1. The normalized spacial score (nSPS) is 17.3. The van der Waals surface area contributed by atoms with E-state index >= 15 is 0 Å². The van der Waals surface area contributed by atoms with Crippen LogP contribution in [0.3, 0.4) is 0 Å². The van der Waals surface area contributed by atoms with E-state index < -0.39 is 41.1 Å². The third-order valence-electron chi connectivity index (χ3n) is 7.66. The van der Waals surface area contributed by atoms with Gasteiger partial charge in [-0.25, -0.2) is 9.59 Å². The molecule has 2 atom stereocenters. The van der Waals surface area contributed by atoms with Crippen molar-refractivity contribution >= 4 is 48.4 Å². The van der Waals surface area contributed by atoms with Crippen molar-refractivity contribution in [1.82, 2.24) is 14.9 Å². The molecule has 14 heteroatoms. The fourth-order valence-electron chi connectivity index (χ4n) is 5.66. The van der Waals surface area contributed by atoms with Gasteiger partial charge in [0.1, 0.15) is 35.9 Å². The minimum atomic E-state index is -0.907. The Kier molecular flexibility index (Phi) is 10.5. The van der Waals surface area contributed by atoms with Gasteiger partial charge in [-0.15, -0.1) is 21.1 Å². The Morgan fingerprint density at radius 2 is 1.71 bits per heavy atom. The Morgan fingerprint density at radius 1 is 1.06 bits per heavy atom. The maximum Gasteiger partial charge on any atom is 0.408 e. The topological polar surface area (TPSA) is 149 Å². The number of esters is 1. The first-order valence-corrected chi connectivity index (χ1v) is 16.4. The Labute approximate surface area is 282 Å². The molecule has 3 heterocycles. The second-order valence-electron chi connectivity index (χ2n) is 12.2. The Morgan fingerprint density at radius 3 is 2.29 bits per heavy atom. The maximum absolute atomic E-state index is 14.3. The summed E-state index contributed by atoms with van der Waals surface area (Å²) in [6, 6.07) is 17.7. The number of nitrogens with zero attached hydrogens (tertiary/aromatic N) is 3. The van der Waals surface area contributed by atoms with Gasteiger partial charge in [0.05, 0.1) is 5.56 Å². The first-order valence-electron chi connectivity index (χ1n) is 15.3. The summed E-state index contributed by atoms with van der Waals surface area (Å²) < 4.78 is 20.1. The summed E-state index contributed by atoms with van der Waals surface area (Å²) in [5.41, 5.74) is 2.13. The predicted molar refractivity (Wildman–Crippen MR) is 175 cm³/mol. The molecule has 5 rings (SSSR count). The molecule has 2 aliphatic rings. The van der Waals surface area contributed by atoms with E-state index in [1.807, 2.05) is 67.6 Å². The maximum atomic E-state index is 14.3. The third-order valence-corrected chi connectivity index (χ3v) is 9.00. The number of nitrogens with one attached hydrogen (secondary N) is 2. The van der Waals surface area contributed by atoms with Crippen LogP contribution in [0, 0.1) is 6.92 Å². The van der Waals surface area contributed by atoms with Gasteiger partial charge < -0.3 is 24.8 Å². The number of thioether (sulfide) groups is 1.